The zero-order valence-electron chi connectivity index (χ0n) is 16.7. The molecule has 0 aliphatic rings. The SMILES string of the molecule is CCOc1cc(C)ccc1CNC(=NC)NCc1ccc(S(C)(=O)=O)cc1.I. The summed E-state index contributed by atoms with van der Waals surface area (Å²) < 4.78 is 28.7. The summed E-state index contributed by atoms with van der Waals surface area (Å²) >= 11 is 0. The van der Waals surface area contributed by atoms with Gasteiger partial charge in [0.1, 0.15) is 5.75 Å². The zero-order valence-corrected chi connectivity index (χ0v) is 19.8. The molecule has 0 aliphatic carbocycles. The lowest BCUT2D eigenvalue weighted by atomic mass is 10.1. The van der Waals surface area contributed by atoms with Crippen molar-refractivity contribution in [1.29, 1.82) is 0 Å². The van der Waals surface area contributed by atoms with Gasteiger partial charge < -0.3 is 15.4 Å². The first-order valence-corrected chi connectivity index (χ1v) is 10.7. The molecule has 154 valence electrons. The Kier molecular flexibility index (Phi) is 9.74. The maximum atomic E-state index is 11.5. The molecule has 0 amide bonds. The van der Waals surface area contributed by atoms with Gasteiger partial charge in [-0.05, 0) is 43.2 Å². The third-order valence-corrected chi connectivity index (χ3v) is 5.13. The van der Waals surface area contributed by atoms with Crippen molar-refractivity contribution in [1.82, 2.24) is 10.6 Å². The standard InChI is InChI=1S/C20H27N3O3S.HI/c1-5-26-19-12-15(2)6-9-17(19)14-23-20(21-3)22-13-16-7-10-18(11-8-16)27(4,24)25;/h6-12H,5,13-14H2,1-4H3,(H2,21,22,23);1H. The number of aliphatic imine (C=N–C) groups is 1. The number of halogens is 1. The highest BCUT2D eigenvalue weighted by molar-refractivity contribution is 14.0. The average molecular weight is 517 g/mol. The summed E-state index contributed by atoms with van der Waals surface area (Å²) in [4.78, 5) is 4.54. The van der Waals surface area contributed by atoms with Crippen molar-refractivity contribution in [3.8, 4) is 5.75 Å². The average Bonchev–Trinajstić information content (AvgIpc) is 2.63. The van der Waals surface area contributed by atoms with E-state index in [1.807, 2.05) is 26.0 Å². The number of aryl methyl sites for hydroxylation is 1. The lowest BCUT2D eigenvalue weighted by molar-refractivity contribution is 0.336. The molecule has 2 N–H and O–H groups in total. The molecule has 6 nitrogen and oxygen atoms in total. The van der Waals surface area contributed by atoms with Crippen molar-refractivity contribution in [2.45, 2.75) is 31.8 Å². The largest absolute Gasteiger partial charge is 0.494 e. The van der Waals surface area contributed by atoms with Crippen LogP contribution < -0.4 is 15.4 Å². The van der Waals surface area contributed by atoms with Crippen LogP contribution in [-0.4, -0.2) is 34.3 Å². The van der Waals surface area contributed by atoms with Crippen molar-refractivity contribution in [3.05, 3.63) is 59.2 Å². The van der Waals surface area contributed by atoms with Gasteiger partial charge >= 0.3 is 0 Å². The molecular formula is C20H28IN3O3S. The highest BCUT2D eigenvalue weighted by Crippen LogP contribution is 2.20. The van der Waals surface area contributed by atoms with E-state index in [1.54, 1.807) is 31.3 Å². The van der Waals surface area contributed by atoms with Gasteiger partial charge in [-0.3, -0.25) is 4.99 Å². The summed E-state index contributed by atoms with van der Waals surface area (Å²) in [6.45, 7) is 5.75. The molecular weight excluding hydrogens is 489 g/mol. The fourth-order valence-electron chi connectivity index (χ4n) is 2.54. The minimum absolute atomic E-state index is 0. The normalized spacial score (nSPS) is 11.5. The molecule has 0 heterocycles. The molecule has 0 fully saturated rings. The van der Waals surface area contributed by atoms with Crippen LogP contribution in [0.15, 0.2) is 52.4 Å². The molecule has 0 radical (unpaired) electrons. The van der Waals surface area contributed by atoms with Gasteiger partial charge in [0, 0.05) is 32.0 Å². The van der Waals surface area contributed by atoms with Crippen molar-refractivity contribution in [2.24, 2.45) is 4.99 Å². The fraction of sp³-hybridized carbons (Fsp3) is 0.350. The summed E-state index contributed by atoms with van der Waals surface area (Å²) in [5, 5.41) is 6.50. The van der Waals surface area contributed by atoms with Crippen LogP contribution in [-0.2, 0) is 22.9 Å². The first-order chi connectivity index (χ1) is 12.8. The predicted octanol–water partition coefficient (Wildman–Crippen LogP) is 3.28. The summed E-state index contributed by atoms with van der Waals surface area (Å²) in [5.41, 5.74) is 3.18. The molecule has 2 aromatic carbocycles. The second-order valence-electron chi connectivity index (χ2n) is 6.24. The fourth-order valence-corrected chi connectivity index (χ4v) is 3.17. The molecule has 8 heteroatoms. The molecule has 0 unspecified atom stereocenters. The Morgan fingerprint density at radius 1 is 1.07 bits per heavy atom. The molecule has 0 saturated carbocycles. The van der Waals surface area contributed by atoms with Crippen molar-refractivity contribution in [2.75, 3.05) is 19.9 Å². The van der Waals surface area contributed by atoms with Crippen molar-refractivity contribution in [3.63, 3.8) is 0 Å². The summed E-state index contributed by atoms with van der Waals surface area (Å²) in [5.74, 6) is 1.53. The zero-order chi connectivity index (χ0) is 19.9. The quantitative estimate of drug-likeness (QED) is 0.335. The van der Waals surface area contributed by atoms with Gasteiger partial charge in [0.25, 0.3) is 0 Å². The maximum Gasteiger partial charge on any atom is 0.191 e. The molecule has 0 aliphatic heterocycles. The van der Waals surface area contributed by atoms with E-state index >= 15 is 0 Å². The van der Waals surface area contributed by atoms with Gasteiger partial charge in [-0.25, -0.2) is 8.42 Å². The number of ether oxygens (including phenoxy) is 1. The maximum absolute atomic E-state index is 11.5. The van der Waals surface area contributed by atoms with Crippen LogP contribution in [0.25, 0.3) is 0 Å². The number of nitrogens with one attached hydrogen (secondary N) is 2. The van der Waals surface area contributed by atoms with Crippen molar-refractivity contribution < 1.29 is 13.2 Å². The summed E-state index contributed by atoms with van der Waals surface area (Å²) in [7, 11) is -1.47. The highest BCUT2D eigenvalue weighted by atomic mass is 127. The molecule has 0 saturated heterocycles. The number of rotatable bonds is 7. The van der Waals surface area contributed by atoms with Crippen LogP contribution in [0.2, 0.25) is 0 Å². The monoisotopic (exact) mass is 517 g/mol. The molecule has 2 rings (SSSR count). The first kappa shape index (κ1) is 24.2. The summed E-state index contributed by atoms with van der Waals surface area (Å²) in [6, 6.07) is 12.9. The van der Waals surface area contributed by atoms with Gasteiger partial charge in [-0.2, -0.15) is 0 Å². The minimum atomic E-state index is -3.18. The van der Waals surface area contributed by atoms with Crippen LogP contribution in [0.4, 0.5) is 0 Å². The number of sulfone groups is 1. The molecule has 28 heavy (non-hydrogen) atoms. The van der Waals surface area contributed by atoms with E-state index in [0.717, 1.165) is 22.4 Å². The van der Waals surface area contributed by atoms with Gasteiger partial charge in [-0.1, -0.05) is 24.3 Å². The molecule has 0 bridgehead atoms. The Morgan fingerprint density at radius 3 is 2.29 bits per heavy atom. The Balaban J connectivity index is 0.00000392. The van der Waals surface area contributed by atoms with Gasteiger partial charge in [-0.15, -0.1) is 24.0 Å². The van der Waals surface area contributed by atoms with Gasteiger partial charge in [0.15, 0.2) is 15.8 Å². The lowest BCUT2D eigenvalue weighted by Crippen LogP contribution is -2.36. The topological polar surface area (TPSA) is 79.8 Å². The molecule has 0 atom stereocenters. The second-order valence-corrected chi connectivity index (χ2v) is 8.26. The number of benzene rings is 2. The van der Waals surface area contributed by atoms with Crippen LogP contribution in [0.5, 0.6) is 5.75 Å². The Labute approximate surface area is 184 Å². The van der Waals surface area contributed by atoms with E-state index in [4.69, 9.17) is 4.74 Å². The second kappa shape index (κ2) is 11.3. The van der Waals surface area contributed by atoms with Gasteiger partial charge in [0.05, 0.1) is 11.5 Å². The van der Waals surface area contributed by atoms with Crippen LogP contribution in [0.1, 0.15) is 23.6 Å². The van der Waals surface area contributed by atoms with E-state index in [-0.39, 0.29) is 24.0 Å². The molecule has 2 aromatic rings. The van der Waals surface area contributed by atoms with E-state index in [0.29, 0.717) is 30.6 Å². The third-order valence-electron chi connectivity index (χ3n) is 4.00. The van der Waals surface area contributed by atoms with Gasteiger partial charge in [0.2, 0.25) is 0 Å². The Hall–Kier alpha value is -1.81. The summed E-state index contributed by atoms with van der Waals surface area (Å²) in [6.07, 6.45) is 1.20. The number of hydrogen-bond donors (Lipinski definition) is 2. The lowest BCUT2D eigenvalue weighted by Gasteiger charge is -2.15. The molecule has 0 spiro atoms. The van der Waals surface area contributed by atoms with E-state index in [2.05, 4.69) is 21.7 Å². The Bertz CT molecular complexity index is 897. The molecule has 0 aromatic heterocycles. The third kappa shape index (κ3) is 7.31. The highest BCUT2D eigenvalue weighted by Gasteiger charge is 2.07. The minimum Gasteiger partial charge on any atom is -0.494 e. The van der Waals surface area contributed by atoms with E-state index in [1.165, 1.54) is 6.26 Å². The van der Waals surface area contributed by atoms with Crippen LogP contribution >= 0.6 is 24.0 Å². The van der Waals surface area contributed by atoms with E-state index < -0.39 is 9.84 Å². The first-order valence-electron chi connectivity index (χ1n) is 8.79. The Morgan fingerprint density at radius 2 is 1.71 bits per heavy atom. The van der Waals surface area contributed by atoms with E-state index in [9.17, 15) is 8.42 Å². The van der Waals surface area contributed by atoms with Crippen LogP contribution in [0.3, 0.4) is 0 Å². The predicted molar refractivity (Wildman–Crippen MR) is 124 cm³/mol. The smallest absolute Gasteiger partial charge is 0.191 e. The number of nitrogens with zero attached hydrogens (tertiary/aromatic N) is 1. The number of guanidine groups is 1. The van der Waals surface area contributed by atoms with Crippen molar-refractivity contribution >= 4 is 39.8 Å². The van der Waals surface area contributed by atoms with Crippen LogP contribution in [0, 0.1) is 6.92 Å². The number of hydrogen-bond acceptors (Lipinski definition) is 4.